The maximum absolute atomic E-state index is 8.81. The van der Waals surface area contributed by atoms with Gasteiger partial charge in [0.2, 0.25) is 0 Å². The molecule has 0 unspecified atom stereocenters. The lowest BCUT2D eigenvalue weighted by atomic mass is 10.1. The van der Waals surface area contributed by atoms with Gasteiger partial charge in [-0.05, 0) is 37.8 Å². The molecule has 0 saturated carbocycles. The van der Waals surface area contributed by atoms with Crippen LogP contribution < -0.4 is 5.14 Å². The maximum Gasteiger partial charge on any atom is 0.198 e. The van der Waals surface area contributed by atoms with Crippen LogP contribution in [0.1, 0.15) is 24.0 Å². The summed E-state index contributed by atoms with van der Waals surface area (Å²) in [6, 6.07) is 8.36. The van der Waals surface area contributed by atoms with Crippen LogP contribution in [0.25, 0.3) is 0 Å². The summed E-state index contributed by atoms with van der Waals surface area (Å²) in [6.45, 7) is 6.24. The zero-order chi connectivity index (χ0) is 13.1. The molecule has 98 valence electrons. The summed E-state index contributed by atoms with van der Waals surface area (Å²) in [6.07, 6.45) is 2.56. The number of ether oxygens (including phenoxy) is 1. The first-order chi connectivity index (χ1) is 8.04. The number of hydrogen-bond donors (Lipinski definition) is 2. The van der Waals surface area contributed by atoms with Gasteiger partial charge >= 0.3 is 0 Å². The highest BCUT2D eigenvalue weighted by atomic mass is 32.2. The summed E-state index contributed by atoms with van der Waals surface area (Å²) in [5, 5.41) is 4.06. The van der Waals surface area contributed by atoms with Gasteiger partial charge in [0.25, 0.3) is 0 Å². The molecule has 1 aliphatic heterocycles. The van der Waals surface area contributed by atoms with Crippen molar-refractivity contribution in [3.05, 3.63) is 35.4 Å². The van der Waals surface area contributed by atoms with Crippen LogP contribution >= 0.6 is 0 Å². The molecular weight excluding hydrogens is 238 g/mol. The van der Waals surface area contributed by atoms with Crippen LogP contribution in [0.3, 0.4) is 0 Å². The molecule has 4 nitrogen and oxygen atoms in total. The molecule has 0 aromatic heterocycles. The predicted octanol–water partition coefficient (Wildman–Crippen LogP) is 1.57. The second-order valence-corrected chi connectivity index (χ2v) is 4.26. The van der Waals surface area contributed by atoms with E-state index in [9.17, 15) is 0 Å². The quantitative estimate of drug-likeness (QED) is 0.695. The predicted molar refractivity (Wildman–Crippen MR) is 70.5 cm³/mol. The topological polar surface area (TPSA) is 69.4 Å². The fraction of sp³-hybridized carbons (Fsp3) is 0.500. The van der Waals surface area contributed by atoms with Crippen LogP contribution in [0.5, 0.6) is 0 Å². The first kappa shape index (κ1) is 16.1. The molecule has 1 aromatic carbocycles. The second-order valence-electron chi connectivity index (χ2n) is 3.69. The van der Waals surface area contributed by atoms with Crippen molar-refractivity contribution in [2.75, 3.05) is 13.2 Å². The van der Waals surface area contributed by atoms with E-state index < -0.39 is 10.9 Å². The van der Waals surface area contributed by atoms with Crippen molar-refractivity contribution in [1.29, 1.82) is 0 Å². The molecule has 1 aliphatic rings. The molecule has 0 amide bonds. The van der Waals surface area contributed by atoms with Gasteiger partial charge in [0.1, 0.15) is 0 Å². The lowest BCUT2D eigenvalue weighted by Gasteiger charge is -1.93. The summed E-state index contributed by atoms with van der Waals surface area (Å²) in [5.41, 5.74) is 2.74. The van der Waals surface area contributed by atoms with Gasteiger partial charge in [-0.15, -0.1) is 0 Å². The van der Waals surface area contributed by atoms with Gasteiger partial charge in [0.15, 0.2) is 10.9 Å². The molecule has 5 heteroatoms. The van der Waals surface area contributed by atoms with Gasteiger partial charge in [-0.1, -0.05) is 24.3 Å². The smallest absolute Gasteiger partial charge is 0.198 e. The molecule has 2 rings (SSSR count). The number of benzene rings is 1. The number of nitrogens with two attached hydrogens (primary N) is 1. The summed E-state index contributed by atoms with van der Waals surface area (Å²) in [5.74, 6) is 0. The molecule has 1 fully saturated rings. The maximum atomic E-state index is 8.81. The first-order valence-corrected chi connectivity index (χ1v) is 6.77. The number of aryl methyl sites for hydroxylation is 2. The molecule has 0 spiro atoms. The average molecular weight is 259 g/mol. The van der Waals surface area contributed by atoms with E-state index in [4.69, 9.17) is 13.2 Å². The van der Waals surface area contributed by atoms with Gasteiger partial charge in [-0.2, -0.15) is 0 Å². The van der Waals surface area contributed by atoms with Crippen molar-refractivity contribution < 1.29 is 13.2 Å². The Hall–Kier alpha value is -0.910. The van der Waals surface area contributed by atoms with Crippen molar-refractivity contribution in [3.63, 3.8) is 0 Å². The van der Waals surface area contributed by atoms with Crippen LogP contribution in [0.15, 0.2) is 24.3 Å². The highest BCUT2D eigenvalue weighted by Gasteiger charge is 1.94. The lowest BCUT2D eigenvalue weighted by Crippen LogP contribution is -1.85. The Labute approximate surface area is 105 Å². The number of thiol groups is 1. The Bertz CT molecular complexity index is 337. The average Bonchev–Trinajstić information content (AvgIpc) is 2.80. The highest BCUT2D eigenvalue weighted by Crippen LogP contribution is 2.02. The van der Waals surface area contributed by atoms with Crippen molar-refractivity contribution in [1.82, 2.24) is 0 Å². The molecule has 0 radical (unpaired) electrons. The van der Waals surface area contributed by atoms with E-state index in [1.807, 2.05) is 0 Å². The molecule has 0 aliphatic carbocycles. The third-order valence-electron chi connectivity index (χ3n) is 2.25. The zero-order valence-electron chi connectivity index (χ0n) is 10.4. The molecule has 1 saturated heterocycles. The van der Waals surface area contributed by atoms with Crippen LogP contribution in [0, 0.1) is 13.8 Å². The minimum atomic E-state index is -2.62. The van der Waals surface area contributed by atoms with E-state index in [1.165, 1.54) is 24.0 Å². The molecule has 1 aromatic rings. The molecule has 0 atom stereocenters. The van der Waals surface area contributed by atoms with E-state index in [1.54, 1.807) is 0 Å². The van der Waals surface area contributed by atoms with Gasteiger partial charge in [0.05, 0.1) is 0 Å². The molecule has 2 N–H and O–H groups in total. The first-order valence-electron chi connectivity index (χ1n) is 5.53. The Morgan fingerprint density at radius 2 is 1.41 bits per heavy atom. The largest absolute Gasteiger partial charge is 0.381 e. The van der Waals surface area contributed by atoms with Crippen LogP contribution in [-0.2, 0) is 15.6 Å². The van der Waals surface area contributed by atoms with Gasteiger partial charge in [-0.3, -0.25) is 0 Å². The third kappa shape index (κ3) is 11.4. The van der Waals surface area contributed by atoms with E-state index >= 15 is 0 Å². The highest BCUT2D eigenvalue weighted by molar-refractivity contribution is 7.69. The van der Waals surface area contributed by atoms with E-state index in [0.717, 1.165) is 13.2 Å². The third-order valence-corrected chi connectivity index (χ3v) is 2.25. The van der Waals surface area contributed by atoms with Crippen LogP contribution in [0.4, 0.5) is 0 Å². The number of hydrogen-bond acceptors (Lipinski definition) is 3. The zero-order valence-corrected chi connectivity index (χ0v) is 11.3. The van der Waals surface area contributed by atoms with Crippen molar-refractivity contribution >= 4 is 10.9 Å². The normalized spacial score (nSPS) is 13.4. The van der Waals surface area contributed by atoms with Crippen molar-refractivity contribution in [2.45, 2.75) is 26.7 Å². The summed E-state index contributed by atoms with van der Waals surface area (Å²) in [4.78, 5) is 0. The molecular formula is C12H21NO3S. The summed E-state index contributed by atoms with van der Waals surface area (Å²) >= 11 is 0. The Morgan fingerprint density at radius 1 is 1.06 bits per heavy atom. The molecule has 1 heterocycles. The Kier molecular flexibility index (Phi) is 9.71. The molecule has 17 heavy (non-hydrogen) atoms. The van der Waals surface area contributed by atoms with Crippen molar-refractivity contribution in [3.8, 4) is 0 Å². The SMILES string of the molecule is C1CCOC1.Cc1ccccc1C.N[SH](=O)=O. The Balaban J connectivity index is 0.000000246. The van der Waals surface area contributed by atoms with E-state index in [0.29, 0.717) is 0 Å². The fourth-order valence-corrected chi connectivity index (χ4v) is 1.17. The lowest BCUT2D eigenvalue weighted by molar-refractivity contribution is 0.198. The monoisotopic (exact) mass is 259 g/mol. The molecule has 0 bridgehead atoms. The van der Waals surface area contributed by atoms with Gasteiger partial charge < -0.3 is 4.74 Å². The fourth-order valence-electron chi connectivity index (χ4n) is 1.17. The number of rotatable bonds is 0. The second kappa shape index (κ2) is 10.3. The van der Waals surface area contributed by atoms with E-state index in [-0.39, 0.29) is 0 Å². The minimum Gasteiger partial charge on any atom is -0.381 e. The van der Waals surface area contributed by atoms with Crippen LogP contribution in [0.2, 0.25) is 0 Å². The van der Waals surface area contributed by atoms with Gasteiger partial charge in [-0.25, -0.2) is 13.6 Å². The summed E-state index contributed by atoms with van der Waals surface area (Å²) < 4.78 is 22.6. The minimum absolute atomic E-state index is 1.00. The standard InChI is InChI=1S/C8H10.C4H8O.H3NO2S/c1-7-5-3-4-6-8(7)2;1-2-4-5-3-1;1-4(2)3/h3-6H,1-2H3;1-4H2;4H,(H2,1,2,3). The van der Waals surface area contributed by atoms with Gasteiger partial charge in [0, 0.05) is 13.2 Å². The summed E-state index contributed by atoms with van der Waals surface area (Å²) in [7, 11) is -2.62. The Morgan fingerprint density at radius 3 is 1.59 bits per heavy atom. The van der Waals surface area contributed by atoms with E-state index in [2.05, 4.69) is 43.3 Å². The van der Waals surface area contributed by atoms with Crippen LogP contribution in [-0.4, -0.2) is 21.6 Å². The van der Waals surface area contributed by atoms with Crippen molar-refractivity contribution in [2.24, 2.45) is 5.14 Å².